The number of carboxylic acids is 1. The monoisotopic (exact) mass is 375 g/mol. The fraction of sp³-hybridized carbons (Fsp3) is 0.0833. The number of carbonyl (C=O) groups is 1. The van der Waals surface area contributed by atoms with Crippen LogP contribution in [0.3, 0.4) is 0 Å². The Hall–Kier alpha value is -2.00. The minimum Gasteiger partial charge on any atom is -0.481 e. The molecule has 2 aromatic rings. The molecule has 0 aliphatic heterocycles. The van der Waals surface area contributed by atoms with Gasteiger partial charge in [0.1, 0.15) is 17.3 Å². The molecule has 0 amide bonds. The molecule has 2 rings (SSSR count). The number of aromatic carboxylic acids is 1. The van der Waals surface area contributed by atoms with Gasteiger partial charge in [-0.2, -0.15) is 0 Å². The standard InChI is InChI=1S/C12H7BrFNO5S/c13-7-3-9(15(18)19)10(4-8(7)14)20-5-6-1-2-11(21-6)12(16)17/h1-4H,5H2,(H,16,17). The van der Waals surface area contributed by atoms with Crippen LogP contribution in [0.25, 0.3) is 0 Å². The van der Waals surface area contributed by atoms with E-state index < -0.39 is 16.7 Å². The predicted molar refractivity (Wildman–Crippen MR) is 76.4 cm³/mol. The van der Waals surface area contributed by atoms with Gasteiger partial charge in [-0.1, -0.05) is 0 Å². The van der Waals surface area contributed by atoms with Crippen molar-refractivity contribution in [3.05, 3.63) is 54.4 Å². The zero-order valence-electron chi connectivity index (χ0n) is 10.2. The van der Waals surface area contributed by atoms with Crippen LogP contribution in [0.2, 0.25) is 0 Å². The third-order valence-corrected chi connectivity index (χ3v) is 4.10. The molecule has 0 bridgehead atoms. The first-order valence-electron chi connectivity index (χ1n) is 5.46. The summed E-state index contributed by atoms with van der Waals surface area (Å²) in [5, 5.41) is 19.7. The zero-order valence-corrected chi connectivity index (χ0v) is 12.6. The highest BCUT2D eigenvalue weighted by Gasteiger charge is 2.19. The molecule has 0 fully saturated rings. The number of rotatable bonds is 5. The van der Waals surface area contributed by atoms with Crippen molar-refractivity contribution in [1.82, 2.24) is 0 Å². The number of nitro groups is 1. The van der Waals surface area contributed by atoms with Crippen LogP contribution in [-0.2, 0) is 6.61 Å². The van der Waals surface area contributed by atoms with Crippen LogP contribution in [0.15, 0.2) is 28.7 Å². The Bertz CT molecular complexity index is 718. The maximum Gasteiger partial charge on any atom is 0.345 e. The first-order valence-corrected chi connectivity index (χ1v) is 7.07. The van der Waals surface area contributed by atoms with Gasteiger partial charge in [-0.15, -0.1) is 11.3 Å². The smallest absolute Gasteiger partial charge is 0.345 e. The normalized spacial score (nSPS) is 10.4. The third-order valence-electron chi connectivity index (χ3n) is 2.44. The highest BCUT2D eigenvalue weighted by Crippen LogP contribution is 2.33. The van der Waals surface area contributed by atoms with Gasteiger partial charge in [0, 0.05) is 17.0 Å². The van der Waals surface area contributed by atoms with Crippen molar-refractivity contribution in [2.45, 2.75) is 6.61 Å². The first kappa shape index (κ1) is 15.4. The molecule has 0 aliphatic rings. The Kier molecular flexibility index (Phi) is 4.53. The molecule has 0 saturated carbocycles. The van der Waals surface area contributed by atoms with Gasteiger partial charge in [0.25, 0.3) is 0 Å². The van der Waals surface area contributed by atoms with Gasteiger partial charge in [-0.05, 0) is 28.1 Å². The molecule has 1 aromatic heterocycles. The van der Waals surface area contributed by atoms with Crippen molar-refractivity contribution < 1.29 is 24.0 Å². The highest BCUT2D eigenvalue weighted by molar-refractivity contribution is 9.10. The van der Waals surface area contributed by atoms with Gasteiger partial charge in [0.05, 0.1) is 9.40 Å². The van der Waals surface area contributed by atoms with Crippen molar-refractivity contribution in [1.29, 1.82) is 0 Å². The van der Waals surface area contributed by atoms with Gasteiger partial charge < -0.3 is 9.84 Å². The number of hydrogen-bond donors (Lipinski definition) is 1. The Morgan fingerprint density at radius 2 is 2.19 bits per heavy atom. The average Bonchev–Trinajstić information content (AvgIpc) is 2.88. The second kappa shape index (κ2) is 6.19. The molecule has 0 aliphatic carbocycles. The lowest BCUT2D eigenvalue weighted by Crippen LogP contribution is -1.99. The Labute approximate surface area is 130 Å². The summed E-state index contributed by atoms with van der Waals surface area (Å²) in [5.74, 6) is -1.97. The summed E-state index contributed by atoms with van der Waals surface area (Å²) in [7, 11) is 0. The summed E-state index contributed by atoms with van der Waals surface area (Å²) in [5.41, 5.74) is -0.377. The van der Waals surface area contributed by atoms with Crippen LogP contribution in [0.5, 0.6) is 5.75 Å². The van der Waals surface area contributed by atoms with Gasteiger partial charge in [0.15, 0.2) is 5.75 Å². The molecule has 1 aromatic carbocycles. The Balaban J connectivity index is 2.20. The number of thiophene rings is 1. The molecule has 6 nitrogen and oxygen atoms in total. The maximum atomic E-state index is 13.4. The fourth-order valence-corrected chi connectivity index (χ4v) is 2.59. The second-order valence-corrected chi connectivity index (χ2v) is 5.87. The van der Waals surface area contributed by atoms with E-state index in [-0.39, 0.29) is 27.4 Å². The lowest BCUT2D eigenvalue weighted by Gasteiger charge is -2.06. The molecule has 0 unspecified atom stereocenters. The number of nitrogens with zero attached hydrogens (tertiary/aromatic N) is 1. The van der Waals surface area contributed by atoms with E-state index in [9.17, 15) is 19.3 Å². The predicted octanol–water partition coefficient (Wildman–Crippen LogP) is 3.84. The first-order chi connectivity index (χ1) is 9.88. The van der Waals surface area contributed by atoms with Crippen molar-refractivity contribution in [2.24, 2.45) is 0 Å². The number of hydrogen-bond acceptors (Lipinski definition) is 5. The van der Waals surface area contributed by atoms with Crippen LogP contribution >= 0.6 is 27.3 Å². The topological polar surface area (TPSA) is 89.7 Å². The van der Waals surface area contributed by atoms with Crippen molar-refractivity contribution in [2.75, 3.05) is 0 Å². The molecular formula is C12H7BrFNO5S. The minimum absolute atomic E-state index is 0.0363. The van der Waals surface area contributed by atoms with E-state index in [4.69, 9.17) is 9.84 Å². The SMILES string of the molecule is O=C(O)c1ccc(COc2cc(F)c(Br)cc2[N+](=O)[O-])s1. The summed E-state index contributed by atoms with van der Waals surface area (Å²) in [6, 6.07) is 4.87. The van der Waals surface area contributed by atoms with Crippen LogP contribution in [-0.4, -0.2) is 16.0 Å². The largest absolute Gasteiger partial charge is 0.481 e. The van der Waals surface area contributed by atoms with Crippen LogP contribution in [0, 0.1) is 15.9 Å². The lowest BCUT2D eigenvalue weighted by atomic mass is 10.3. The molecule has 1 N–H and O–H groups in total. The van der Waals surface area contributed by atoms with Gasteiger partial charge >= 0.3 is 11.7 Å². The average molecular weight is 376 g/mol. The van der Waals surface area contributed by atoms with E-state index >= 15 is 0 Å². The van der Waals surface area contributed by atoms with E-state index in [1.165, 1.54) is 12.1 Å². The van der Waals surface area contributed by atoms with Crippen molar-refractivity contribution in [3.63, 3.8) is 0 Å². The number of halogens is 2. The van der Waals surface area contributed by atoms with E-state index in [1.54, 1.807) is 0 Å². The summed E-state index contributed by atoms with van der Waals surface area (Å²) < 4.78 is 18.6. The summed E-state index contributed by atoms with van der Waals surface area (Å²) in [4.78, 5) is 21.6. The third kappa shape index (κ3) is 3.56. The molecule has 110 valence electrons. The van der Waals surface area contributed by atoms with E-state index in [1.807, 2.05) is 0 Å². The van der Waals surface area contributed by atoms with E-state index in [2.05, 4.69) is 15.9 Å². The molecule has 9 heteroatoms. The number of carboxylic acid groups (broad SMARTS) is 1. The Morgan fingerprint density at radius 1 is 1.48 bits per heavy atom. The summed E-state index contributed by atoms with van der Waals surface area (Å²) in [6.45, 7) is -0.0835. The van der Waals surface area contributed by atoms with Crippen molar-refractivity contribution >= 4 is 38.9 Å². The molecule has 0 atom stereocenters. The molecule has 0 radical (unpaired) electrons. The number of benzene rings is 1. The minimum atomic E-state index is -1.06. The van der Waals surface area contributed by atoms with Crippen LogP contribution < -0.4 is 4.74 Å². The van der Waals surface area contributed by atoms with Gasteiger partial charge in [0.2, 0.25) is 0 Å². The molecular weight excluding hydrogens is 369 g/mol. The van der Waals surface area contributed by atoms with Gasteiger partial charge in [-0.25, -0.2) is 9.18 Å². The number of ether oxygens (including phenoxy) is 1. The highest BCUT2D eigenvalue weighted by atomic mass is 79.9. The van der Waals surface area contributed by atoms with E-state index in [0.717, 1.165) is 23.5 Å². The Morgan fingerprint density at radius 3 is 2.76 bits per heavy atom. The zero-order chi connectivity index (χ0) is 15.6. The fourth-order valence-electron chi connectivity index (χ4n) is 1.50. The van der Waals surface area contributed by atoms with E-state index in [0.29, 0.717) is 4.88 Å². The molecule has 21 heavy (non-hydrogen) atoms. The van der Waals surface area contributed by atoms with Crippen LogP contribution in [0.1, 0.15) is 14.5 Å². The lowest BCUT2D eigenvalue weighted by molar-refractivity contribution is -0.386. The number of nitro benzene ring substituents is 1. The maximum absolute atomic E-state index is 13.4. The van der Waals surface area contributed by atoms with Crippen molar-refractivity contribution in [3.8, 4) is 5.75 Å². The summed E-state index contributed by atoms with van der Waals surface area (Å²) in [6.07, 6.45) is 0. The van der Waals surface area contributed by atoms with Crippen LogP contribution in [0.4, 0.5) is 10.1 Å². The van der Waals surface area contributed by atoms with Gasteiger partial charge in [-0.3, -0.25) is 10.1 Å². The molecule has 0 saturated heterocycles. The molecule has 1 heterocycles. The summed E-state index contributed by atoms with van der Waals surface area (Å²) >= 11 is 3.85. The quantitative estimate of drug-likeness (QED) is 0.633. The second-order valence-electron chi connectivity index (χ2n) is 3.85. The molecule has 0 spiro atoms.